The number of sulfonamides is 1. The van der Waals surface area contributed by atoms with Gasteiger partial charge in [0.25, 0.3) is 0 Å². The van der Waals surface area contributed by atoms with Gasteiger partial charge in [-0.15, -0.1) is 12.4 Å². The molecule has 1 aromatic rings. The predicted molar refractivity (Wildman–Crippen MR) is 73.7 cm³/mol. The standard InChI is InChI=1S/C11H15FN2O3S.ClH/c1-14-18(15,16)11-4-2-10(3-5-11)17-8-9(6-12)7-13;/h2-6,14H,7-8,13H2,1H3;1H/b9-6+;. The molecule has 8 heteroatoms. The molecule has 1 rings (SSSR count). The van der Waals surface area contributed by atoms with Crippen LogP contribution in [0.1, 0.15) is 0 Å². The van der Waals surface area contributed by atoms with Gasteiger partial charge in [-0.2, -0.15) is 0 Å². The van der Waals surface area contributed by atoms with Crippen molar-refractivity contribution in [2.24, 2.45) is 5.73 Å². The highest BCUT2D eigenvalue weighted by atomic mass is 35.5. The Hall–Kier alpha value is -1.15. The predicted octanol–water partition coefficient (Wildman–Crippen LogP) is 1.21. The highest BCUT2D eigenvalue weighted by Crippen LogP contribution is 2.16. The van der Waals surface area contributed by atoms with Crippen molar-refractivity contribution in [2.45, 2.75) is 4.90 Å². The number of hydrogen-bond donors (Lipinski definition) is 2. The van der Waals surface area contributed by atoms with E-state index in [0.717, 1.165) is 0 Å². The molecule has 0 saturated heterocycles. The number of rotatable bonds is 6. The van der Waals surface area contributed by atoms with Gasteiger partial charge in [-0.25, -0.2) is 17.5 Å². The summed E-state index contributed by atoms with van der Waals surface area (Å²) in [6, 6.07) is 5.80. The van der Waals surface area contributed by atoms with Crippen molar-refractivity contribution in [3.63, 3.8) is 0 Å². The van der Waals surface area contributed by atoms with E-state index in [1.807, 2.05) is 0 Å². The van der Waals surface area contributed by atoms with Crippen molar-refractivity contribution in [2.75, 3.05) is 20.2 Å². The van der Waals surface area contributed by atoms with Gasteiger partial charge in [0.05, 0.1) is 11.2 Å². The molecule has 3 N–H and O–H groups in total. The monoisotopic (exact) mass is 310 g/mol. The summed E-state index contributed by atoms with van der Waals surface area (Å²) in [5.41, 5.74) is 5.59. The molecular weight excluding hydrogens is 295 g/mol. The van der Waals surface area contributed by atoms with Crippen molar-refractivity contribution in [1.29, 1.82) is 0 Å². The quantitative estimate of drug-likeness (QED) is 0.827. The molecule has 108 valence electrons. The van der Waals surface area contributed by atoms with Gasteiger partial charge in [0.2, 0.25) is 10.0 Å². The van der Waals surface area contributed by atoms with Crippen LogP contribution in [-0.4, -0.2) is 28.6 Å². The summed E-state index contributed by atoms with van der Waals surface area (Å²) in [7, 11) is -2.12. The molecule has 0 atom stereocenters. The zero-order valence-electron chi connectivity index (χ0n) is 10.3. The Balaban J connectivity index is 0.00000324. The first-order valence-electron chi connectivity index (χ1n) is 5.18. The maximum absolute atomic E-state index is 12.2. The van der Waals surface area contributed by atoms with E-state index in [0.29, 0.717) is 17.7 Å². The van der Waals surface area contributed by atoms with Crippen LogP contribution in [0.3, 0.4) is 0 Å². The van der Waals surface area contributed by atoms with E-state index in [1.165, 1.54) is 31.3 Å². The zero-order valence-corrected chi connectivity index (χ0v) is 11.9. The normalized spacial score (nSPS) is 11.8. The van der Waals surface area contributed by atoms with Gasteiger partial charge < -0.3 is 10.5 Å². The molecule has 19 heavy (non-hydrogen) atoms. The molecule has 5 nitrogen and oxygen atoms in total. The fourth-order valence-electron chi connectivity index (χ4n) is 1.14. The molecule has 0 bridgehead atoms. The van der Waals surface area contributed by atoms with Gasteiger partial charge in [-0.1, -0.05) is 0 Å². The average Bonchev–Trinajstić information content (AvgIpc) is 2.40. The summed E-state index contributed by atoms with van der Waals surface area (Å²) >= 11 is 0. The maximum Gasteiger partial charge on any atom is 0.240 e. The van der Waals surface area contributed by atoms with E-state index >= 15 is 0 Å². The lowest BCUT2D eigenvalue weighted by Crippen LogP contribution is -2.18. The van der Waals surface area contributed by atoms with Crippen LogP contribution >= 0.6 is 12.4 Å². The molecule has 0 radical (unpaired) electrons. The Morgan fingerprint density at radius 3 is 2.42 bits per heavy atom. The first-order chi connectivity index (χ1) is 8.53. The maximum atomic E-state index is 12.2. The second kappa shape index (κ2) is 8.11. The summed E-state index contributed by atoms with van der Waals surface area (Å²) < 4.78 is 42.6. The minimum absolute atomic E-state index is 0. The van der Waals surface area contributed by atoms with Crippen molar-refractivity contribution >= 4 is 22.4 Å². The number of nitrogens with one attached hydrogen (secondary N) is 1. The average molecular weight is 311 g/mol. The minimum atomic E-state index is -3.45. The van der Waals surface area contributed by atoms with Crippen LogP contribution < -0.4 is 15.2 Å². The Bertz CT molecular complexity index is 517. The minimum Gasteiger partial charge on any atom is -0.489 e. The van der Waals surface area contributed by atoms with E-state index in [9.17, 15) is 12.8 Å². The van der Waals surface area contributed by atoms with Crippen LogP contribution in [0.15, 0.2) is 41.1 Å². The summed E-state index contributed by atoms with van der Waals surface area (Å²) in [5.74, 6) is 0.442. The molecular formula is C11H16ClFN2O3S. The van der Waals surface area contributed by atoms with Crippen LogP contribution in [0.2, 0.25) is 0 Å². The molecule has 0 amide bonds. The van der Waals surface area contributed by atoms with Crippen molar-refractivity contribution < 1.29 is 17.5 Å². The lowest BCUT2D eigenvalue weighted by atomic mass is 10.3. The zero-order chi connectivity index (χ0) is 13.6. The molecule has 0 aliphatic rings. The van der Waals surface area contributed by atoms with Gasteiger partial charge in [0.1, 0.15) is 12.4 Å². The number of hydrogen-bond acceptors (Lipinski definition) is 4. The molecule has 0 aromatic heterocycles. The Morgan fingerprint density at radius 1 is 1.42 bits per heavy atom. The third-order valence-electron chi connectivity index (χ3n) is 2.24. The Morgan fingerprint density at radius 2 is 2.00 bits per heavy atom. The Labute approximate surface area is 118 Å². The van der Waals surface area contributed by atoms with Gasteiger partial charge in [-0.05, 0) is 31.3 Å². The van der Waals surface area contributed by atoms with E-state index < -0.39 is 10.0 Å². The summed E-state index contributed by atoms with van der Waals surface area (Å²) in [4.78, 5) is 0.137. The van der Waals surface area contributed by atoms with E-state index in [2.05, 4.69) is 4.72 Å². The Kier molecular flexibility index (Phi) is 7.62. The second-order valence-electron chi connectivity index (χ2n) is 3.44. The fourth-order valence-corrected chi connectivity index (χ4v) is 1.87. The highest BCUT2D eigenvalue weighted by molar-refractivity contribution is 7.89. The van der Waals surface area contributed by atoms with Crippen LogP contribution in [0.4, 0.5) is 4.39 Å². The van der Waals surface area contributed by atoms with Crippen molar-refractivity contribution in [3.8, 4) is 5.75 Å². The lowest BCUT2D eigenvalue weighted by Gasteiger charge is -2.08. The van der Waals surface area contributed by atoms with Crippen molar-refractivity contribution in [1.82, 2.24) is 4.72 Å². The number of benzene rings is 1. The summed E-state index contributed by atoms with van der Waals surface area (Å²) in [6.45, 7) is 0.105. The SMILES string of the molecule is CNS(=O)(=O)c1ccc(OC/C(=C/F)CN)cc1.Cl. The second-order valence-corrected chi connectivity index (χ2v) is 5.33. The lowest BCUT2D eigenvalue weighted by molar-refractivity contribution is 0.347. The van der Waals surface area contributed by atoms with Gasteiger partial charge >= 0.3 is 0 Å². The van der Waals surface area contributed by atoms with Gasteiger partial charge in [0, 0.05) is 12.1 Å². The third-order valence-corrected chi connectivity index (χ3v) is 3.67. The summed E-state index contributed by atoms with van der Waals surface area (Å²) in [5, 5.41) is 0. The molecule has 0 saturated carbocycles. The molecule has 1 aromatic carbocycles. The topological polar surface area (TPSA) is 81.4 Å². The molecule has 0 fully saturated rings. The molecule has 0 aliphatic carbocycles. The first kappa shape index (κ1) is 17.8. The number of ether oxygens (including phenoxy) is 1. The summed E-state index contributed by atoms with van der Waals surface area (Å²) in [6.07, 6.45) is 0.403. The smallest absolute Gasteiger partial charge is 0.240 e. The molecule has 0 spiro atoms. The van der Waals surface area contributed by atoms with Crippen LogP contribution in [0, 0.1) is 0 Å². The van der Waals surface area contributed by atoms with E-state index in [4.69, 9.17) is 10.5 Å². The highest BCUT2D eigenvalue weighted by Gasteiger charge is 2.10. The van der Waals surface area contributed by atoms with Crippen LogP contribution in [0.5, 0.6) is 5.75 Å². The van der Waals surface area contributed by atoms with Crippen LogP contribution in [-0.2, 0) is 10.0 Å². The largest absolute Gasteiger partial charge is 0.489 e. The molecule has 0 unspecified atom stereocenters. The molecule has 0 heterocycles. The number of nitrogens with two attached hydrogens (primary N) is 1. The molecule has 0 aliphatic heterocycles. The number of halogens is 2. The third kappa shape index (κ3) is 5.15. The fraction of sp³-hybridized carbons (Fsp3) is 0.273. The van der Waals surface area contributed by atoms with Crippen LogP contribution in [0.25, 0.3) is 0 Å². The van der Waals surface area contributed by atoms with Crippen molar-refractivity contribution in [3.05, 3.63) is 36.2 Å². The van der Waals surface area contributed by atoms with Gasteiger partial charge in [-0.3, -0.25) is 0 Å². The van der Waals surface area contributed by atoms with E-state index in [-0.39, 0.29) is 30.5 Å². The first-order valence-corrected chi connectivity index (χ1v) is 6.66. The van der Waals surface area contributed by atoms with E-state index in [1.54, 1.807) is 0 Å². The van der Waals surface area contributed by atoms with Gasteiger partial charge in [0.15, 0.2) is 0 Å².